The highest BCUT2D eigenvalue weighted by Gasteiger charge is 2.19. The maximum Gasteiger partial charge on any atom is 0.328 e. The van der Waals surface area contributed by atoms with Crippen molar-refractivity contribution < 1.29 is 24.2 Å². The Morgan fingerprint density at radius 3 is 2.61 bits per heavy atom. The van der Waals surface area contributed by atoms with Gasteiger partial charge in [-0.25, -0.2) is 9.59 Å². The molecule has 0 saturated heterocycles. The summed E-state index contributed by atoms with van der Waals surface area (Å²) in [5.41, 5.74) is 0. The lowest BCUT2D eigenvalue weighted by Gasteiger charge is -2.14. The zero-order valence-electron chi connectivity index (χ0n) is 10.9. The Morgan fingerprint density at radius 2 is 2.06 bits per heavy atom. The van der Waals surface area contributed by atoms with Gasteiger partial charge in [-0.05, 0) is 6.42 Å². The second kappa shape index (κ2) is 10.8. The summed E-state index contributed by atoms with van der Waals surface area (Å²) in [7, 11) is 1.37. The van der Waals surface area contributed by atoms with Crippen molar-refractivity contribution in [3.05, 3.63) is 0 Å². The Bertz CT molecular complexity index is 248. The molecule has 0 aromatic carbocycles. The second-order valence-electron chi connectivity index (χ2n) is 3.71. The Balaban J connectivity index is 3.65. The SMILES string of the molecule is CCCCOCCNC(=O)NC(COC)C(=O)O. The van der Waals surface area contributed by atoms with Crippen LogP contribution in [0.15, 0.2) is 0 Å². The molecule has 0 radical (unpaired) electrons. The minimum atomic E-state index is -1.13. The summed E-state index contributed by atoms with van der Waals surface area (Å²) in [6.45, 7) is 3.41. The van der Waals surface area contributed by atoms with Crippen LogP contribution in [0, 0.1) is 0 Å². The average Bonchev–Trinajstić information content (AvgIpc) is 2.33. The molecule has 0 rings (SSSR count). The Labute approximate surface area is 107 Å². The molecule has 7 heteroatoms. The van der Waals surface area contributed by atoms with Crippen molar-refractivity contribution in [1.29, 1.82) is 0 Å². The molecule has 0 aliphatic heterocycles. The third-order valence-electron chi connectivity index (χ3n) is 2.11. The first kappa shape index (κ1) is 16.7. The maximum absolute atomic E-state index is 11.3. The van der Waals surface area contributed by atoms with Crippen LogP contribution >= 0.6 is 0 Å². The number of rotatable bonds is 10. The fourth-order valence-electron chi connectivity index (χ4n) is 1.14. The molecule has 0 aliphatic rings. The predicted octanol–water partition coefficient (Wildman–Crippen LogP) is 0.202. The van der Waals surface area contributed by atoms with Gasteiger partial charge in [0.15, 0.2) is 6.04 Å². The third-order valence-corrected chi connectivity index (χ3v) is 2.11. The molecule has 2 amide bonds. The standard InChI is InChI=1S/C11H22N2O5/c1-3-4-6-18-7-5-12-11(16)13-9(8-17-2)10(14)15/h9H,3-8H2,1-2H3,(H,14,15)(H2,12,13,16). The number of nitrogens with one attached hydrogen (secondary N) is 2. The number of carboxylic acid groups (broad SMARTS) is 1. The van der Waals surface area contributed by atoms with Gasteiger partial charge in [-0.15, -0.1) is 0 Å². The second-order valence-corrected chi connectivity index (χ2v) is 3.71. The van der Waals surface area contributed by atoms with E-state index in [0.29, 0.717) is 19.8 Å². The first-order valence-corrected chi connectivity index (χ1v) is 5.95. The number of methoxy groups -OCH3 is 1. The predicted molar refractivity (Wildman–Crippen MR) is 65.6 cm³/mol. The van der Waals surface area contributed by atoms with E-state index >= 15 is 0 Å². The van der Waals surface area contributed by atoms with Crippen LogP contribution in [0.1, 0.15) is 19.8 Å². The molecule has 18 heavy (non-hydrogen) atoms. The minimum Gasteiger partial charge on any atom is -0.480 e. The number of unbranched alkanes of at least 4 members (excludes halogenated alkanes) is 1. The summed E-state index contributed by atoms with van der Waals surface area (Å²) < 4.78 is 9.93. The van der Waals surface area contributed by atoms with Crippen molar-refractivity contribution in [3.8, 4) is 0 Å². The van der Waals surface area contributed by atoms with Gasteiger partial charge in [-0.1, -0.05) is 13.3 Å². The molecule has 0 aromatic rings. The van der Waals surface area contributed by atoms with Gasteiger partial charge in [0.1, 0.15) is 0 Å². The monoisotopic (exact) mass is 262 g/mol. The van der Waals surface area contributed by atoms with Gasteiger partial charge in [0.05, 0.1) is 13.2 Å². The molecule has 1 unspecified atom stereocenters. The maximum atomic E-state index is 11.3. The number of hydrogen-bond donors (Lipinski definition) is 3. The molecule has 1 atom stereocenters. The lowest BCUT2D eigenvalue weighted by molar-refractivity contribution is -0.140. The first-order valence-electron chi connectivity index (χ1n) is 5.95. The van der Waals surface area contributed by atoms with Gasteiger partial charge in [-0.3, -0.25) is 0 Å². The molecule has 106 valence electrons. The van der Waals surface area contributed by atoms with E-state index in [2.05, 4.69) is 22.3 Å². The average molecular weight is 262 g/mol. The van der Waals surface area contributed by atoms with E-state index in [1.54, 1.807) is 0 Å². The number of urea groups is 1. The van der Waals surface area contributed by atoms with E-state index in [9.17, 15) is 9.59 Å². The largest absolute Gasteiger partial charge is 0.480 e. The Hall–Kier alpha value is -1.34. The van der Waals surface area contributed by atoms with Crippen LogP contribution < -0.4 is 10.6 Å². The molecule has 0 aliphatic carbocycles. The van der Waals surface area contributed by atoms with Gasteiger partial charge >= 0.3 is 12.0 Å². The highest BCUT2D eigenvalue weighted by atomic mass is 16.5. The van der Waals surface area contributed by atoms with Crippen LogP contribution in [0.3, 0.4) is 0 Å². The van der Waals surface area contributed by atoms with Gasteiger partial charge in [-0.2, -0.15) is 0 Å². The molecule has 0 spiro atoms. The Kier molecular flexibility index (Phi) is 9.99. The van der Waals surface area contributed by atoms with Crippen molar-refractivity contribution in [2.45, 2.75) is 25.8 Å². The van der Waals surface area contributed by atoms with Crippen LogP contribution in [-0.4, -0.2) is 56.6 Å². The number of ether oxygens (including phenoxy) is 2. The van der Waals surface area contributed by atoms with Gasteiger partial charge in [0.2, 0.25) is 0 Å². The summed E-state index contributed by atoms with van der Waals surface area (Å²) >= 11 is 0. The number of carboxylic acids is 1. The molecule has 0 fully saturated rings. The van der Waals surface area contributed by atoms with Gasteiger partial charge in [0.25, 0.3) is 0 Å². The number of carbonyl (C=O) groups excluding carboxylic acids is 1. The van der Waals surface area contributed by atoms with E-state index in [-0.39, 0.29) is 6.61 Å². The van der Waals surface area contributed by atoms with Crippen LogP contribution in [0.25, 0.3) is 0 Å². The summed E-state index contributed by atoms with van der Waals surface area (Å²) in [5.74, 6) is -1.13. The summed E-state index contributed by atoms with van der Waals surface area (Å²) in [4.78, 5) is 22.1. The van der Waals surface area contributed by atoms with Crippen molar-refractivity contribution in [3.63, 3.8) is 0 Å². The molecule has 0 bridgehead atoms. The van der Waals surface area contributed by atoms with Gasteiger partial charge < -0.3 is 25.2 Å². The van der Waals surface area contributed by atoms with Crippen molar-refractivity contribution in [1.82, 2.24) is 10.6 Å². The van der Waals surface area contributed by atoms with Crippen molar-refractivity contribution in [2.75, 3.05) is 33.5 Å². The quantitative estimate of drug-likeness (QED) is 0.489. The minimum absolute atomic E-state index is 0.0737. The number of aliphatic carboxylic acids is 1. The topological polar surface area (TPSA) is 96.9 Å². The smallest absolute Gasteiger partial charge is 0.328 e. The number of amides is 2. The van der Waals surface area contributed by atoms with E-state index in [1.165, 1.54) is 7.11 Å². The van der Waals surface area contributed by atoms with Crippen LogP contribution in [-0.2, 0) is 14.3 Å². The fraction of sp³-hybridized carbons (Fsp3) is 0.818. The van der Waals surface area contributed by atoms with Crippen LogP contribution in [0.2, 0.25) is 0 Å². The molecule has 3 N–H and O–H groups in total. The van der Waals surface area contributed by atoms with Crippen molar-refractivity contribution in [2.24, 2.45) is 0 Å². The van der Waals surface area contributed by atoms with Crippen LogP contribution in [0.4, 0.5) is 4.79 Å². The molecule has 7 nitrogen and oxygen atoms in total. The number of carbonyl (C=O) groups is 2. The lowest BCUT2D eigenvalue weighted by atomic mass is 10.3. The van der Waals surface area contributed by atoms with E-state index in [4.69, 9.17) is 9.84 Å². The molecule has 0 saturated carbocycles. The van der Waals surface area contributed by atoms with E-state index in [0.717, 1.165) is 12.8 Å². The highest BCUT2D eigenvalue weighted by Crippen LogP contribution is 1.87. The van der Waals surface area contributed by atoms with Gasteiger partial charge in [0, 0.05) is 20.3 Å². The zero-order chi connectivity index (χ0) is 13.8. The Morgan fingerprint density at radius 1 is 1.33 bits per heavy atom. The first-order chi connectivity index (χ1) is 8.61. The van der Waals surface area contributed by atoms with Crippen molar-refractivity contribution >= 4 is 12.0 Å². The molecular weight excluding hydrogens is 240 g/mol. The number of hydrogen-bond acceptors (Lipinski definition) is 4. The lowest BCUT2D eigenvalue weighted by Crippen LogP contribution is -2.48. The molecule has 0 aromatic heterocycles. The van der Waals surface area contributed by atoms with E-state index < -0.39 is 18.0 Å². The van der Waals surface area contributed by atoms with E-state index in [1.807, 2.05) is 0 Å². The summed E-state index contributed by atoms with van der Waals surface area (Å²) in [6, 6.07) is -1.59. The molecule has 0 heterocycles. The summed E-state index contributed by atoms with van der Waals surface area (Å²) in [5, 5.41) is 13.6. The zero-order valence-corrected chi connectivity index (χ0v) is 10.9. The highest BCUT2D eigenvalue weighted by molar-refractivity contribution is 5.82. The third kappa shape index (κ3) is 8.77. The normalized spacial score (nSPS) is 11.9. The fourth-order valence-corrected chi connectivity index (χ4v) is 1.14. The summed E-state index contributed by atoms with van der Waals surface area (Å²) in [6.07, 6.45) is 2.05. The van der Waals surface area contributed by atoms with Crippen LogP contribution in [0.5, 0.6) is 0 Å². The molecular formula is C11H22N2O5.